The van der Waals surface area contributed by atoms with Crippen molar-refractivity contribution < 1.29 is 32.3 Å². The second-order valence-electron chi connectivity index (χ2n) is 5.19. The van der Waals surface area contributed by atoms with E-state index in [0.29, 0.717) is 12.1 Å². The molecule has 4 nitrogen and oxygen atoms in total. The molecule has 1 aromatic rings. The van der Waals surface area contributed by atoms with Crippen LogP contribution in [0.5, 0.6) is 0 Å². The first-order valence-electron chi connectivity index (χ1n) is 6.42. The molecule has 0 saturated heterocycles. The molecular formula is C14H15F4NO3. The summed E-state index contributed by atoms with van der Waals surface area (Å²) in [5.41, 5.74) is -1.86. The number of amides is 1. The highest BCUT2D eigenvalue weighted by Gasteiger charge is 2.34. The minimum atomic E-state index is -4.86. The third kappa shape index (κ3) is 4.71. The monoisotopic (exact) mass is 321 g/mol. The van der Waals surface area contributed by atoms with E-state index in [4.69, 9.17) is 5.11 Å². The number of alkyl halides is 3. The Morgan fingerprint density at radius 2 is 1.86 bits per heavy atom. The second-order valence-corrected chi connectivity index (χ2v) is 5.19. The lowest BCUT2D eigenvalue weighted by molar-refractivity contribution is -0.140. The molecule has 1 aromatic carbocycles. The Morgan fingerprint density at radius 3 is 2.27 bits per heavy atom. The van der Waals surface area contributed by atoms with E-state index in [9.17, 15) is 27.2 Å². The largest absolute Gasteiger partial charge is 0.480 e. The van der Waals surface area contributed by atoms with E-state index < -0.39 is 35.5 Å². The molecule has 0 aliphatic carbocycles. The summed E-state index contributed by atoms with van der Waals surface area (Å²) in [5.74, 6) is -3.82. The Hall–Kier alpha value is -2.12. The average Bonchev–Trinajstić information content (AvgIpc) is 2.35. The van der Waals surface area contributed by atoms with Gasteiger partial charge in [0.15, 0.2) is 0 Å². The molecule has 0 aromatic heterocycles. The minimum Gasteiger partial charge on any atom is -0.480 e. The molecule has 0 spiro atoms. The van der Waals surface area contributed by atoms with Gasteiger partial charge in [-0.25, -0.2) is 9.18 Å². The van der Waals surface area contributed by atoms with E-state index in [1.807, 2.05) is 0 Å². The molecule has 0 aliphatic heterocycles. The van der Waals surface area contributed by atoms with Crippen LogP contribution < -0.4 is 5.32 Å². The third-order valence-electron chi connectivity index (χ3n) is 2.85. The lowest BCUT2D eigenvalue weighted by atomic mass is 10.0. The summed E-state index contributed by atoms with van der Waals surface area (Å²) in [7, 11) is 0. The van der Waals surface area contributed by atoms with E-state index in [-0.39, 0.29) is 17.9 Å². The zero-order valence-electron chi connectivity index (χ0n) is 11.9. The van der Waals surface area contributed by atoms with E-state index in [1.165, 1.54) is 0 Å². The molecule has 0 saturated carbocycles. The number of hydrogen-bond donors (Lipinski definition) is 2. The van der Waals surface area contributed by atoms with Gasteiger partial charge < -0.3 is 10.4 Å². The first-order chi connectivity index (χ1) is 10.0. The molecule has 1 rings (SSSR count). The summed E-state index contributed by atoms with van der Waals surface area (Å²) >= 11 is 0. The summed E-state index contributed by atoms with van der Waals surface area (Å²) in [4.78, 5) is 22.8. The highest BCUT2D eigenvalue weighted by Crippen LogP contribution is 2.31. The standard InChI is InChI=1S/C14H15F4NO3/c1-7(2)5-11(13(21)22)19-12(20)8-3-4-9(10(15)6-8)14(16,17)18/h3-4,6-7,11H,5H2,1-2H3,(H,19,20)(H,21,22)/t11-/m0/s1. The van der Waals surface area contributed by atoms with Crippen molar-refractivity contribution >= 4 is 11.9 Å². The van der Waals surface area contributed by atoms with Crippen LogP contribution in [0.15, 0.2) is 18.2 Å². The topological polar surface area (TPSA) is 66.4 Å². The Morgan fingerprint density at radius 1 is 1.27 bits per heavy atom. The molecule has 0 bridgehead atoms. The number of carboxylic acids is 1. The van der Waals surface area contributed by atoms with Crippen LogP contribution in [0.4, 0.5) is 17.6 Å². The normalized spacial score (nSPS) is 13.0. The first-order valence-corrected chi connectivity index (χ1v) is 6.42. The molecular weight excluding hydrogens is 306 g/mol. The number of carbonyl (C=O) groups excluding carboxylic acids is 1. The van der Waals surface area contributed by atoms with Gasteiger partial charge in [-0.05, 0) is 30.5 Å². The Balaban J connectivity index is 2.94. The quantitative estimate of drug-likeness (QED) is 0.819. The van der Waals surface area contributed by atoms with Crippen molar-refractivity contribution in [3.05, 3.63) is 35.1 Å². The molecule has 1 atom stereocenters. The van der Waals surface area contributed by atoms with Gasteiger partial charge in [0.1, 0.15) is 11.9 Å². The fourth-order valence-corrected chi connectivity index (χ4v) is 1.82. The number of nitrogens with one attached hydrogen (secondary N) is 1. The molecule has 122 valence electrons. The van der Waals surface area contributed by atoms with Crippen LogP contribution in [0.2, 0.25) is 0 Å². The van der Waals surface area contributed by atoms with Gasteiger partial charge in [-0.1, -0.05) is 13.8 Å². The van der Waals surface area contributed by atoms with Gasteiger partial charge in [0.05, 0.1) is 5.56 Å². The van der Waals surface area contributed by atoms with Gasteiger partial charge in [-0.15, -0.1) is 0 Å². The Labute approximate surface area is 124 Å². The Kier molecular flexibility index (Phi) is 5.51. The number of hydrogen-bond acceptors (Lipinski definition) is 2. The van der Waals surface area contributed by atoms with Gasteiger partial charge >= 0.3 is 12.1 Å². The smallest absolute Gasteiger partial charge is 0.419 e. The molecule has 2 N–H and O–H groups in total. The van der Waals surface area contributed by atoms with Crippen molar-refractivity contribution in [3.63, 3.8) is 0 Å². The summed E-state index contributed by atoms with van der Waals surface area (Å²) in [6, 6.07) is 0.489. The maximum absolute atomic E-state index is 13.4. The number of rotatable bonds is 5. The number of benzene rings is 1. The van der Waals surface area contributed by atoms with Crippen molar-refractivity contribution in [1.82, 2.24) is 5.32 Å². The Bertz CT molecular complexity index is 570. The summed E-state index contributed by atoms with van der Waals surface area (Å²) in [6.07, 6.45) is -4.72. The van der Waals surface area contributed by atoms with Gasteiger partial charge in [0.25, 0.3) is 5.91 Å². The summed E-state index contributed by atoms with van der Waals surface area (Å²) in [6.45, 7) is 3.50. The second kappa shape index (κ2) is 6.76. The van der Waals surface area contributed by atoms with Crippen molar-refractivity contribution in [2.45, 2.75) is 32.5 Å². The molecule has 0 heterocycles. The molecule has 22 heavy (non-hydrogen) atoms. The summed E-state index contributed by atoms with van der Waals surface area (Å²) < 4.78 is 50.7. The number of aliphatic carboxylic acids is 1. The predicted molar refractivity (Wildman–Crippen MR) is 69.7 cm³/mol. The molecule has 8 heteroatoms. The van der Waals surface area contributed by atoms with Crippen LogP contribution in [0, 0.1) is 11.7 Å². The zero-order chi connectivity index (χ0) is 17.1. The highest BCUT2D eigenvalue weighted by atomic mass is 19.4. The van der Waals surface area contributed by atoms with Gasteiger partial charge in [-0.2, -0.15) is 13.2 Å². The average molecular weight is 321 g/mol. The zero-order valence-corrected chi connectivity index (χ0v) is 11.9. The number of carboxylic acid groups (broad SMARTS) is 1. The van der Waals surface area contributed by atoms with Gasteiger partial charge in [0.2, 0.25) is 0 Å². The molecule has 0 radical (unpaired) electrons. The fourth-order valence-electron chi connectivity index (χ4n) is 1.82. The van der Waals surface area contributed by atoms with Crippen molar-refractivity contribution in [2.24, 2.45) is 5.92 Å². The van der Waals surface area contributed by atoms with Crippen molar-refractivity contribution in [3.8, 4) is 0 Å². The lowest BCUT2D eigenvalue weighted by Crippen LogP contribution is -2.41. The van der Waals surface area contributed by atoms with E-state index in [2.05, 4.69) is 5.32 Å². The third-order valence-corrected chi connectivity index (χ3v) is 2.85. The van der Waals surface area contributed by atoms with E-state index in [0.717, 1.165) is 6.07 Å². The van der Waals surface area contributed by atoms with Crippen LogP contribution in [0.25, 0.3) is 0 Å². The van der Waals surface area contributed by atoms with Crippen LogP contribution in [-0.2, 0) is 11.0 Å². The van der Waals surface area contributed by atoms with Crippen molar-refractivity contribution in [1.29, 1.82) is 0 Å². The van der Waals surface area contributed by atoms with Crippen molar-refractivity contribution in [2.75, 3.05) is 0 Å². The molecule has 0 aliphatic rings. The number of halogens is 4. The van der Waals surface area contributed by atoms with Crippen LogP contribution in [0.3, 0.4) is 0 Å². The maximum Gasteiger partial charge on any atom is 0.419 e. The predicted octanol–water partition coefficient (Wildman–Crippen LogP) is 3.07. The van der Waals surface area contributed by atoms with Gasteiger partial charge in [-0.3, -0.25) is 4.79 Å². The van der Waals surface area contributed by atoms with E-state index in [1.54, 1.807) is 13.8 Å². The molecule has 0 fully saturated rings. The SMILES string of the molecule is CC(C)C[C@H](NC(=O)c1ccc(C(F)(F)F)c(F)c1)C(=O)O. The fraction of sp³-hybridized carbons (Fsp3) is 0.429. The van der Waals surface area contributed by atoms with Gasteiger partial charge in [0, 0.05) is 5.56 Å². The molecule has 1 amide bonds. The van der Waals surface area contributed by atoms with Crippen LogP contribution in [-0.4, -0.2) is 23.0 Å². The van der Waals surface area contributed by atoms with Crippen LogP contribution in [0.1, 0.15) is 36.2 Å². The van der Waals surface area contributed by atoms with E-state index >= 15 is 0 Å². The van der Waals surface area contributed by atoms with Crippen LogP contribution >= 0.6 is 0 Å². The minimum absolute atomic E-state index is 0.0225. The number of carbonyl (C=O) groups is 2. The summed E-state index contributed by atoms with van der Waals surface area (Å²) in [5, 5.41) is 11.1. The lowest BCUT2D eigenvalue weighted by Gasteiger charge is -2.17. The highest BCUT2D eigenvalue weighted by molar-refractivity contribution is 5.96. The maximum atomic E-state index is 13.4. The molecule has 0 unspecified atom stereocenters. The first kappa shape index (κ1) is 17.9.